The van der Waals surface area contributed by atoms with Gasteiger partial charge in [0, 0.05) is 26.2 Å². The molecule has 0 saturated carbocycles. The lowest BCUT2D eigenvalue weighted by Crippen LogP contribution is -2.50. The lowest BCUT2D eigenvalue weighted by atomic mass is 10.1. The van der Waals surface area contributed by atoms with Crippen LogP contribution in [-0.4, -0.2) is 59.6 Å². The lowest BCUT2D eigenvalue weighted by Gasteiger charge is -2.32. The summed E-state index contributed by atoms with van der Waals surface area (Å²) in [6.45, 7) is 5.84. The molecular weight excluding hydrogens is 192 g/mol. The van der Waals surface area contributed by atoms with Crippen molar-refractivity contribution >= 4 is 5.91 Å². The summed E-state index contributed by atoms with van der Waals surface area (Å²) in [5.41, 5.74) is 0. The van der Waals surface area contributed by atoms with Crippen LogP contribution in [0.15, 0.2) is 0 Å². The second-order valence-corrected chi connectivity index (χ2v) is 4.31. The van der Waals surface area contributed by atoms with Gasteiger partial charge in [-0.3, -0.25) is 9.69 Å². The van der Waals surface area contributed by atoms with Gasteiger partial charge in [-0.25, -0.2) is 0 Å². The van der Waals surface area contributed by atoms with Gasteiger partial charge in [0.05, 0.1) is 6.61 Å². The summed E-state index contributed by atoms with van der Waals surface area (Å²) in [7, 11) is 1.81. The van der Waals surface area contributed by atoms with Gasteiger partial charge in [0.25, 0.3) is 0 Å². The van der Waals surface area contributed by atoms with Crippen LogP contribution in [0, 0.1) is 0 Å². The summed E-state index contributed by atoms with van der Waals surface area (Å²) >= 11 is 0. The first-order valence-electron chi connectivity index (χ1n) is 5.73. The SMILES string of the molecule is CCC(C)N1CCCN(C)C(=O)C1CO. The molecule has 1 aliphatic heterocycles. The Kier molecular flexibility index (Phi) is 4.54. The van der Waals surface area contributed by atoms with Crippen LogP contribution >= 0.6 is 0 Å². The van der Waals surface area contributed by atoms with Crippen molar-refractivity contribution in [3.63, 3.8) is 0 Å². The average molecular weight is 214 g/mol. The number of aliphatic hydroxyl groups excluding tert-OH is 1. The predicted octanol–water partition coefficient (Wildman–Crippen LogP) is 0.310. The molecule has 1 N–H and O–H groups in total. The number of amides is 1. The van der Waals surface area contributed by atoms with Crippen LogP contribution < -0.4 is 0 Å². The molecule has 1 aliphatic rings. The Hall–Kier alpha value is -0.610. The molecule has 0 aromatic carbocycles. The Labute approximate surface area is 91.9 Å². The van der Waals surface area contributed by atoms with Crippen molar-refractivity contribution in [1.82, 2.24) is 9.80 Å². The number of hydrogen-bond acceptors (Lipinski definition) is 3. The number of likely N-dealkylation sites (N-methyl/N-ethyl adjacent to an activating group) is 1. The van der Waals surface area contributed by atoms with Crippen molar-refractivity contribution in [3.05, 3.63) is 0 Å². The van der Waals surface area contributed by atoms with Gasteiger partial charge in [-0.2, -0.15) is 0 Å². The maximum Gasteiger partial charge on any atom is 0.242 e. The van der Waals surface area contributed by atoms with Crippen LogP contribution in [-0.2, 0) is 4.79 Å². The van der Waals surface area contributed by atoms with E-state index in [-0.39, 0.29) is 18.6 Å². The smallest absolute Gasteiger partial charge is 0.242 e. The number of carbonyl (C=O) groups excluding carboxylic acids is 1. The highest BCUT2D eigenvalue weighted by molar-refractivity contribution is 5.82. The van der Waals surface area contributed by atoms with E-state index in [0.29, 0.717) is 6.04 Å². The summed E-state index contributed by atoms with van der Waals surface area (Å²) < 4.78 is 0. The zero-order chi connectivity index (χ0) is 11.4. The second kappa shape index (κ2) is 5.47. The Morgan fingerprint density at radius 3 is 2.73 bits per heavy atom. The fourth-order valence-corrected chi connectivity index (χ4v) is 2.10. The van der Waals surface area contributed by atoms with Gasteiger partial charge in [-0.1, -0.05) is 6.92 Å². The van der Waals surface area contributed by atoms with Crippen LogP contribution in [0.4, 0.5) is 0 Å². The van der Waals surface area contributed by atoms with E-state index in [1.165, 1.54) is 0 Å². The Morgan fingerprint density at radius 1 is 1.53 bits per heavy atom. The van der Waals surface area contributed by atoms with E-state index in [2.05, 4.69) is 18.7 Å². The summed E-state index contributed by atoms with van der Waals surface area (Å²) in [6, 6.07) is 0.0186. The number of hydrogen-bond donors (Lipinski definition) is 1. The van der Waals surface area contributed by atoms with E-state index in [4.69, 9.17) is 0 Å². The Morgan fingerprint density at radius 2 is 2.20 bits per heavy atom. The first-order chi connectivity index (χ1) is 7.11. The highest BCUT2D eigenvalue weighted by atomic mass is 16.3. The molecular formula is C11H22N2O2. The molecule has 4 nitrogen and oxygen atoms in total. The van der Waals surface area contributed by atoms with E-state index in [9.17, 15) is 9.90 Å². The standard InChI is InChI=1S/C11H22N2O2/c1-4-9(2)13-7-5-6-12(3)11(15)10(13)8-14/h9-10,14H,4-8H2,1-3H3. The predicted molar refractivity (Wildman–Crippen MR) is 59.6 cm³/mol. The molecule has 1 fully saturated rings. The zero-order valence-corrected chi connectivity index (χ0v) is 9.94. The molecule has 0 bridgehead atoms. The van der Waals surface area contributed by atoms with E-state index < -0.39 is 0 Å². The maximum absolute atomic E-state index is 11.9. The third-order valence-electron chi connectivity index (χ3n) is 3.30. The molecule has 0 aromatic heterocycles. The fourth-order valence-electron chi connectivity index (χ4n) is 2.10. The molecule has 88 valence electrons. The van der Waals surface area contributed by atoms with Crippen molar-refractivity contribution in [2.75, 3.05) is 26.7 Å². The number of nitrogens with zero attached hydrogens (tertiary/aromatic N) is 2. The van der Waals surface area contributed by atoms with Crippen LogP contribution in [0.2, 0.25) is 0 Å². The number of rotatable bonds is 3. The number of carbonyl (C=O) groups is 1. The third kappa shape index (κ3) is 2.69. The first kappa shape index (κ1) is 12.5. The first-order valence-corrected chi connectivity index (χ1v) is 5.73. The molecule has 1 saturated heterocycles. The molecule has 0 aromatic rings. The molecule has 1 rings (SSSR count). The van der Waals surface area contributed by atoms with Gasteiger partial charge >= 0.3 is 0 Å². The topological polar surface area (TPSA) is 43.8 Å². The number of aliphatic hydroxyl groups is 1. The van der Waals surface area contributed by atoms with Crippen molar-refractivity contribution in [3.8, 4) is 0 Å². The summed E-state index contributed by atoms with van der Waals surface area (Å²) in [6.07, 6.45) is 2.00. The quantitative estimate of drug-likeness (QED) is 0.735. The van der Waals surface area contributed by atoms with Crippen molar-refractivity contribution < 1.29 is 9.90 Å². The minimum atomic E-state index is -0.340. The molecule has 15 heavy (non-hydrogen) atoms. The highest BCUT2D eigenvalue weighted by Gasteiger charge is 2.32. The van der Waals surface area contributed by atoms with Gasteiger partial charge in [-0.15, -0.1) is 0 Å². The third-order valence-corrected chi connectivity index (χ3v) is 3.30. The highest BCUT2D eigenvalue weighted by Crippen LogP contribution is 2.15. The van der Waals surface area contributed by atoms with E-state index in [0.717, 1.165) is 25.9 Å². The van der Waals surface area contributed by atoms with Gasteiger partial charge in [0.15, 0.2) is 0 Å². The summed E-state index contributed by atoms with van der Waals surface area (Å²) in [5, 5.41) is 9.33. The van der Waals surface area contributed by atoms with Crippen LogP contribution in [0.25, 0.3) is 0 Å². The van der Waals surface area contributed by atoms with E-state index in [1.807, 2.05) is 7.05 Å². The van der Waals surface area contributed by atoms with Crippen LogP contribution in [0.3, 0.4) is 0 Å². The molecule has 1 amide bonds. The van der Waals surface area contributed by atoms with E-state index in [1.54, 1.807) is 4.90 Å². The normalized spacial score (nSPS) is 26.5. The fraction of sp³-hybridized carbons (Fsp3) is 0.909. The lowest BCUT2D eigenvalue weighted by molar-refractivity contribution is -0.136. The molecule has 1 heterocycles. The minimum Gasteiger partial charge on any atom is -0.394 e. The van der Waals surface area contributed by atoms with Crippen molar-refractivity contribution in [2.24, 2.45) is 0 Å². The molecule has 0 radical (unpaired) electrons. The van der Waals surface area contributed by atoms with E-state index >= 15 is 0 Å². The zero-order valence-electron chi connectivity index (χ0n) is 9.94. The van der Waals surface area contributed by atoms with Crippen LogP contribution in [0.1, 0.15) is 26.7 Å². The maximum atomic E-state index is 11.9. The van der Waals surface area contributed by atoms with Gasteiger partial charge in [-0.05, 0) is 19.8 Å². The minimum absolute atomic E-state index is 0.0512. The summed E-state index contributed by atoms with van der Waals surface area (Å²) in [4.78, 5) is 15.8. The molecule has 4 heteroatoms. The molecule has 0 aliphatic carbocycles. The van der Waals surface area contributed by atoms with Crippen molar-refractivity contribution in [1.29, 1.82) is 0 Å². The van der Waals surface area contributed by atoms with Crippen LogP contribution in [0.5, 0.6) is 0 Å². The Balaban J connectivity index is 2.80. The molecule has 2 unspecified atom stereocenters. The van der Waals surface area contributed by atoms with Gasteiger partial charge in [0.1, 0.15) is 6.04 Å². The largest absolute Gasteiger partial charge is 0.394 e. The van der Waals surface area contributed by atoms with Gasteiger partial charge < -0.3 is 10.0 Å². The van der Waals surface area contributed by atoms with Gasteiger partial charge in [0.2, 0.25) is 5.91 Å². The monoisotopic (exact) mass is 214 g/mol. The van der Waals surface area contributed by atoms with Crippen molar-refractivity contribution in [2.45, 2.75) is 38.8 Å². The Bertz CT molecular complexity index is 221. The molecule has 0 spiro atoms. The molecule has 2 atom stereocenters. The average Bonchev–Trinajstić information content (AvgIpc) is 2.38. The second-order valence-electron chi connectivity index (χ2n) is 4.31. The summed E-state index contributed by atoms with van der Waals surface area (Å²) in [5.74, 6) is 0.0512.